The lowest BCUT2D eigenvalue weighted by Crippen LogP contribution is -2.05. The van der Waals surface area contributed by atoms with E-state index in [1.54, 1.807) is 12.4 Å². The van der Waals surface area contributed by atoms with Crippen molar-refractivity contribution in [2.75, 3.05) is 5.01 Å². The van der Waals surface area contributed by atoms with Crippen molar-refractivity contribution < 1.29 is 0 Å². The summed E-state index contributed by atoms with van der Waals surface area (Å²) >= 11 is 0. The third-order valence-electron chi connectivity index (χ3n) is 1.14. The van der Waals surface area contributed by atoms with Crippen molar-refractivity contribution in [1.82, 2.24) is 9.97 Å². The van der Waals surface area contributed by atoms with Crippen LogP contribution < -0.4 is 5.01 Å². The van der Waals surface area contributed by atoms with Gasteiger partial charge in [0.1, 0.15) is 12.0 Å². The Bertz CT molecular complexity index is 236. The first-order valence-corrected chi connectivity index (χ1v) is 3.02. The summed E-state index contributed by atoms with van der Waals surface area (Å²) in [7, 11) is 0. The van der Waals surface area contributed by atoms with Crippen LogP contribution in [-0.4, -0.2) is 16.7 Å². The van der Waals surface area contributed by atoms with Gasteiger partial charge in [-0.25, -0.2) is 15.0 Å². The molecule has 11 heavy (non-hydrogen) atoms. The van der Waals surface area contributed by atoms with Crippen molar-refractivity contribution >= 4 is 12.4 Å². The molecule has 4 nitrogen and oxygen atoms in total. The number of rotatable bonds is 3. The van der Waals surface area contributed by atoms with E-state index in [0.29, 0.717) is 0 Å². The summed E-state index contributed by atoms with van der Waals surface area (Å²) in [6, 6.07) is 0. The third kappa shape index (κ3) is 1.61. The molecule has 0 fully saturated rings. The molecular formula is C7H8N4. The van der Waals surface area contributed by atoms with E-state index in [4.69, 9.17) is 0 Å². The summed E-state index contributed by atoms with van der Waals surface area (Å²) in [5.74, 6) is 0. The highest BCUT2D eigenvalue weighted by Gasteiger charge is 1.96. The molecule has 0 saturated carbocycles. The Morgan fingerprint density at radius 3 is 2.55 bits per heavy atom. The summed E-state index contributed by atoms with van der Waals surface area (Å²) in [6.45, 7) is 6.90. The average molecular weight is 148 g/mol. The first kappa shape index (κ1) is 7.40. The van der Waals surface area contributed by atoms with E-state index in [1.165, 1.54) is 17.5 Å². The standard InChI is InChI=1S/C7H8N4/c1-3-11(8-2)7-4-9-6-10-5-7/h3-6H,1-2H2. The SMILES string of the molecule is C=CN(N=C)c1cncnc1. The summed E-state index contributed by atoms with van der Waals surface area (Å²) < 4.78 is 0. The fourth-order valence-corrected chi connectivity index (χ4v) is 0.654. The monoisotopic (exact) mass is 148 g/mol. The molecule has 0 aliphatic heterocycles. The second-order valence-corrected chi connectivity index (χ2v) is 1.77. The van der Waals surface area contributed by atoms with Gasteiger partial charge in [-0.15, -0.1) is 0 Å². The molecular weight excluding hydrogens is 140 g/mol. The van der Waals surface area contributed by atoms with Crippen molar-refractivity contribution in [2.24, 2.45) is 5.10 Å². The molecule has 0 bridgehead atoms. The van der Waals surface area contributed by atoms with Crippen molar-refractivity contribution in [3.8, 4) is 0 Å². The highest BCUT2D eigenvalue weighted by molar-refractivity contribution is 5.46. The normalized spacial score (nSPS) is 8.73. The van der Waals surface area contributed by atoms with Crippen LogP contribution in [0.25, 0.3) is 0 Å². The van der Waals surface area contributed by atoms with Gasteiger partial charge in [0.05, 0.1) is 12.4 Å². The molecule has 1 aromatic rings. The summed E-state index contributed by atoms with van der Waals surface area (Å²) in [5, 5.41) is 5.15. The number of aromatic nitrogens is 2. The molecule has 0 aliphatic carbocycles. The fourth-order valence-electron chi connectivity index (χ4n) is 0.654. The zero-order valence-electron chi connectivity index (χ0n) is 6.01. The molecule has 0 unspecified atom stereocenters. The summed E-state index contributed by atoms with van der Waals surface area (Å²) in [6.07, 6.45) is 6.24. The van der Waals surface area contributed by atoms with E-state index in [1.807, 2.05) is 0 Å². The lowest BCUT2D eigenvalue weighted by Gasteiger charge is -2.10. The highest BCUT2D eigenvalue weighted by Crippen LogP contribution is 2.09. The van der Waals surface area contributed by atoms with Gasteiger partial charge in [-0.1, -0.05) is 6.58 Å². The Hall–Kier alpha value is -1.71. The highest BCUT2D eigenvalue weighted by atomic mass is 15.4. The molecule has 0 amide bonds. The van der Waals surface area contributed by atoms with E-state index < -0.39 is 0 Å². The van der Waals surface area contributed by atoms with Gasteiger partial charge < -0.3 is 0 Å². The Labute approximate surface area is 64.9 Å². The molecule has 0 radical (unpaired) electrons. The molecule has 1 heterocycles. The number of anilines is 1. The van der Waals surface area contributed by atoms with Crippen molar-refractivity contribution in [3.63, 3.8) is 0 Å². The Kier molecular flexibility index (Phi) is 2.32. The molecule has 0 aliphatic rings. The number of nitrogens with zero attached hydrogens (tertiary/aromatic N) is 4. The maximum atomic E-state index is 3.81. The quantitative estimate of drug-likeness (QED) is 0.475. The minimum atomic E-state index is 0.748. The van der Waals surface area contributed by atoms with E-state index in [-0.39, 0.29) is 0 Å². The van der Waals surface area contributed by atoms with Gasteiger partial charge in [0.25, 0.3) is 0 Å². The smallest absolute Gasteiger partial charge is 0.115 e. The maximum absolute atomic E-state index is 3.81. The van der Waals surface area contributed by atoms with Crippen LogP contribution in [0, 0.1) is 0 Å². The van der Waals surface area contributed by atoms with E-state index in [2.05, 4.69) is 28.4 Å². The number of hydrogen-bond donors (Lipinski definition) is 0. The summed E-state index contributed by atoms with van der Waals surface area (Å²) in [5.41, 5.74) is 0.748. The number of hydrogen-bond acceptors (Lipinski definition) is 4. The van der Waals surface area contributed by atoms with Gasteiger partial charge in [-0.05, 0) is 0 Å². The fraction of sp³-hybridized carbons (Fsp3) is 0. The predicted octanol–water partition coefficient (Wildman–Crippen LogP) is 1.04. The van der Waals surface area contributed by atoms with Crippen LogP contribution in [0.3, 0.4) is 0 Å². The van der Waals surface area contributed by atoms with Crippen LogP contribution in [0.15, 0.2) is 36.6 Å². The van der Waals surface area contributed by atoms with Gasteiger partial charge in [-0.2, -0.15) is 5.10 Å². The lowest BCUT2D eigenvalue weighted by molar-refractivity contribution is 1.05. The zero-order valence-corrected chi connectivity index (χ0v) is 6.01. The minimum absolute atomic E-state index is 0.748. The second-order valence-electron chi connectivity index (χ2n) is 1.77. The third-order valence-corrected chi connectivity index (χ3v) is 1.14. The Morgan fingerprint density at radius 1 is 1.45 bits per heavy atom. The molecule has 0 spiro atoms. The van der Waals surface area contributed by atoms with Gasteiger partial charge in [-0.3, -0.25) is 0 Å². The molecule has 0 saturated heterocycles. The topological polar surface area (TPSA) is 41.4 Å². The minimum Gasteiger partial charge on any atom is -0.243 e. The molecule has 0 N–H and O–H groups in total. The van der Waals surface area contributed by atoms with Crippen molar-refractivity contribution in [1.29, 1.82) is 0 Å². The molecule has 0 atom stereocenters. The van der Waals surface area contributed by atoms with Crippen LogP contribution in [0.4, 0.5) is 5.69 Å². The molecule has 0 aromatic carbocycles. The first-order chi connectivity index (χ1) is 5.38. The van der Waals surface area contributed by atoms with Gasteiger partial charge in [0, 0.05) is 12.9 Å². The second kappa shape index (κ2) is 3.46. The average Bonchev–Trinajstić information content (AvgIpc) is 2.09. The molecule has 1 rings (SSSR count). The van der Waals surface area contributed by atoms with Crippen molar-refractivity contribution in [2.45, 2.75) is 0 Å². The predicted molar refractivity (Wildman–Crippen MR) is 44.3 cm³/mol. The zero-order chi connectivity index (χ0) is 8.10. The van der Waals surface area contributed by atoms with Crippen LogP contribution in [-0.2, 0) is 0 Å². The molecule has 56 valence electrons. The van der Waals surface area contributed by atoms with E-state index in [9.17, 15) is 0 Å². The van der Waals surface area contributed by atoms with Gasteiger partial charge in [0.2, 0.25) is 0 Å². The Morgan fingerprint density at radius 2 is 2.09 bits per heavy atom. The molecule has 4 heteroatoms. The van der Waals surface area contributed by atoms with E-state index >= 15 is 0 Å². The van der Waals surface area contributed by atoms with Gasteiger partial charge >= 0.3 is 0 Å². The van der Waals surface area contributed by atoms with Gasteiger partial charge in [0.15, 0.2) is 0 Å². The summed E-state index contributed by atoms with van der Waals surface area (Å²) in [4.78, 5) is 7.63. The van der Waals surface area contributed by atoms with Crippen LogP contribution >= 0.6 is 0 Å². The van der Waals surface area contributed by atoms with Crippen LogP contribution in [0.5, 0.6) is 0 Å². The van der Waals surface area contributed by atoms with E-state index in [0.717, 1.165) is 5.69 Å². The number of hydrazone groups is 1. The largest absolute Gasteiger partial charge is 0.243 e. The van der Waals surface area contributed by atoms with Crippen LogP contribution in [0.1, 0.15) is 0 Å². The Balaban J connectivity index is 2.90. The lowest BCUT2D eigenvalue weighted by atomic mass is 10.5. The van der Waals surface area contributed by atoms with Crippen LogP contribution in [0.2, 0.25) is 0 Å². The first-order valence-electron chi connectivity index (χ1n) is 3.02. The maximum Gasteiger partial charge on any atom is 0.115 e. The van der Waals surface area contributed by atoms with Crippen molar-refractivity contribution in [3.05, 3.63) is 31.5 Å². The molecule has 1 aromatic heterocycles.